The van der Waals surface area contributed by atoms with E-state index in [4.69, 9.17) is 9.84 Å². The van der Waals surface area contributed by atoms with Gasteiger partial charge in [-0.15, -0.1) is 16.9 Å². The van der Waals surface area contributed by atoms with Gasteiger partial charge in [-0.05, 0) is 22.6 Å². The van der Waals surface area contributed by atoms with Crippen LogP contribution in [0.5, 0.6) is 0 Å². The average Bonchev–Trinajstić information content (AvgIpc) is 2.92. The van der Waals surface area contributed by atoms with Crippen molar-refractivity contribution in [2.24, 2.45) is 0 Å². The third-order valence-corrected chi connectivity index (χ3v) is 3.84. The second-order valence-electron chi connectivity index (χ2n) is 4.33. The zero-order chi connectivity index (χ0) is 15.1. The molecule has 1 N–H and O–H groups in total. The summed E-state index contributed by atoms with van der Waals surface area (Å²) in [7, 11) is 1.48. The number of carbonyl (C=O) groups is 1. The minimum Gasteiger partial charge on any atom is -0.481 e. The Morgan fingerprint density at radius 3 is 2.86 bits per heavy atom. The van der Waals surface area contributed by atoms with E-state index in [1.807, 2.05) is 30.3 Å². The number of thioether (sulfide) groups is 1. The number of hydrogen-bond donors (Lipinski definition) is 1. The van der Waals surface area contributed by atoms with Crippen molar-refractivity contribution in [1.82, 2.24) is 20.2 Å². The fourth-order valence-corrected chi connectivity index (χ4v) is 2.60. The second-order valence-corrected chi connectivity index (χ2v) is 5.38. The Morgan fingerprint density at radius 1 is 1.43 bits per heavy atom. The summed E-state index contributed by atoms with van der Waals surface area (Å²) in [5.41, 5.74) is 0. The van der Waals surface area contributed by atoms with E-state index in [0.29, 0.717) is 18.1 Å². The van der Waals surface area contributed by atoms with Crippen LogP contribution in [-0.4, -0.2) is 44.5 Å². The SMILES string of the molecule is COC(CC(=O)O)Cn1nnnc1CSc1ccccc1. The molecule has 1 unspecified atom stereocenters. The molecule has 1 aromatic heterocycles. The number of carboxylic acids is 1. The fraction of sp³-hybridized carbons (Fsp3) is 0.385. The van der Waals surface area contributed by atoms with Gasteiger partial charge in [0.1, 0.15) is 0 Å². The number of carboxylic acid groups (broad SMARTS) is 1. The molecular weight excluding hydrogens is 292 g/mol. The minimum absolute atomic E-state index is 0.0817. The summed E-state index contributed by atoms with van der Waals surface area (Å²) in [5.74, 6) is 0.395. The zero-order valence-corrected chi connectivity index (χ0v) is 12.4. The maximum Gasteiger partial charge on any atom is 0.306 e. The fourth-order valence-electron chi connectivity index (χ4n) is 1.74. The van der Waals surface area contributed by atoms with Crippen molar-refractivity contribution in [3.8, 4) is 0 Å². The van der Waals surface area contributed by atoms with Crippen LogP contribution >= 0.6 is 11.8 Å². The Bertz CT molecular complexity index is 576. The number of aliphatic carboxylic acids is 1. The molecule has 1 heterocycles. The third kappa shape index (κ3) is 4.83. The number of tetrazole rings is 1. The maximum atomic E-state index is 10.7. The van der Waals surface area contributed by atoms with Crippen LogP contribution in [0.25, 0.3) is 0 Å². The third-order valence-electron chi connectivity index (χ3n) is 2.83. The summed E-state index contributed by atoms with van der Waals surface area (Å²) < 4.78 is 6.74. The highest BCUT2D eigenvalue weighted by Gasteiger charge is 2.16. The van der Waals surface area contributed by atoms with Gasteiger partial charge < -0.3 is 9.84 Å². The largest absolute Gasteiger partial charge is 0.481 e. The molecule has 2 rings (SSSR count). The van der Waals surface area contributed by atoms with Crippen LogP contribution in [0.3, 0.4) is 0 Å². The van der Waals surface area contributed by atoms with Gasteiger partial charge in [0.25, 0.3) is 0 Å². The number of aromatic nitrogens is 4. The Labute approximate surface area is 126 Å². The van der Waals surface area contributed by atoms with Crippen molar-refractivity contribution in [2.75, 3.05) is 7.11 Å². The molecule has 0 amide bonds. The highest BCUT2D eigenvalue weighted by molar-refractivity contribution is 7.98. The van der Waals surface area contributed by atoms with Crippen LogP contribution in [0.4, 0.5) is 0 Å². The Morgan fingerprint density at radius 2 is 2.19 bits per heavy atom. The normalized spacial score (nSPS) is 12.2. The number of benzene rings is 1. The lowest BCUT2D eigenvalue weighted by molar-refractivity contribution is -0.140. The van der Waals surface area contributed by atoms with Gasteiger partial charge in [-0.25, -0.2) is 4.68 Å². The van der Waals surface area contributed by atoms with Gasteiger partial charge in [0, 0.05) is 12.0 Å². The van der Waals surface area contributed by atoms with Crippen LogP contribution in [0.2, 0.25) is 0 Å². The molecule has 7 nitrogen and oxygen atoms in total. The van der Waals surface area contributed by atoms with Gasteiger partial charge in [-0.1, -0.05) is 18.2 Å². The summed E-state index contributed by atoms with van der Waals surface area (Å²) in [5, 5.41) is 20.3. The summed E-state index contributed by atoms with van der Waals surface area (Å²) in [6.07, 6.45) is -0.534. The van der Waals surface area contributed by atoms with Crippen molar-refractivity contribution in [3.05, 3.63) is 36.2 Å². The van der Waals surface area contributed by atoms with Gasteiger partial charge in [0.15, 0.2) is 5.82 Å². The second kappa shape index (κ2) is 7.75. The van der Waals surface area contributed by atoms with Crippen molar-refractivity contribution >= 4 is 17.7 Å². The summed E-state index contributed by atoms with van der Waals surface area (Å²) in [4.78, 5) is 11.9. The van der Waals surface area contributed by atoms with Gasteiger partial charge in [-0.2, -0.15) is 0 Å². The molecule has 0 aliphatic heterocycles. The first kappa shape index (κ1) is 15.5. The lowest BCUT2D eigenvalue weighted by atomic mass is 10.2. The van der Waals surface area contributed by atoms with E-state index < -0.39 is 12.1 Å². The first-order chi connectivity index (χ1) is 10.2. The first-order valence-corrected chi connectivity index (χ1v) is 7.35. The van der Waals surface area contributed by atoms with E-state index in [-0.39, 0.29) is 6.42 Å². The number of methoxy groups -OCH3 is 1. The van der Waals surface area contributed by atoms with Crippen molar-refractivity contribution in [2.45, 2.75) is 29.7 Å². The Hall–Kier alpha value is -1.93. The van der Waals surface area contributed by atoms with Crippen molar-refractivity contribution in [3.63, 3.8) is 0 Å². The topological polar surface area (TPSA) is 90.1 Å². The molecule has 0 fully saturated rings. The van der Waals surface area contributed by atoms with Crippen LogP contribution < -0.4 is 0 Å². The zero-order valence-electron chi connectivity index (χ0n) is 11.5. The monoisotopic (exact) mass is 308 g/mol. The molecule has 1 aromatic carbocycles. The molecule has 0 spiro atoms. The van der Waals surface area contributed by atoms with Crippen LogP contribution in [0.15, 0.2) is 35.2 Å². The molecule has 2 aromatic rings. The molecule has 0 bridgehead atoms. The van der Waals surface area contributed by atoms with E-state index in [2.05, 4.69) is 15.5 Å². The highest BCUT2D eigenvalue weighted by Crippen LogP contribution is 2.21. The van der Waals surface area contributed by atoms with Crippen LogP contribution in [0.1, 0.15) is 12.2 Å². The molecule has 112 valence electrons. The number of rotatable bonds is 8. The lowest BCUT2D eigenvalue weighted by Crippen LogP contribution is -2.24. The van der Waals surface area contributed by atoms with Gasteiger partial charge in [0.05, 0.1) is 24.8 Å². The van der Waals surface area contributed by atoms with Gasteiger partial charge in [0.2, 0.25) is 0 Å². The quantitative estimate of drug-likeness (QED) is 0.738. The standard InChI is InChI=1S/C13H16N4O3S/c1-20-10(7-13(18)19)8-17-12(14-15-16-17)9-21-11-5-3-2-4-6-11/h2-6,10H,7-9H2,1H3,(H,18,19). The molecule has 0 radical (unpaired) electrons. The minimum atomic E-state index is -0.907. The summed E-state index contributed by atoms with van der Waals surface area (Å²) >= 11 is 1.62. The Balaban J connectivity index is 1.96. The van der Waals surface area contributed by atoms with E-state index >= 15 is 0 Å². The van der Waals surface area contributed by atoms with E-state index in [1.165, 1.54) is 7.11 Å². The number of hydrogen-bond acceptors (Lipinski definition) is 6. The van der Waals surface area contributed by atoms with Crippen LogP contribution in [0, 0.1) is 0 Å². The van der Waals surface area contributed by atoms with Crippen molar-refractivity contribution < 1.29 is 14.6 Å². The highest BCUT2D eigenvalue weighted by atomic mass is 32.2. The molecule has 0 saturated carbocycles. The molecule has 8 heteroatoms. The molecule has 21 heavy (non-hydrogen) atoms. The summed E-state index contributed by atoms with van der Waals surface area (Å²) in [6.45, 7) is 0.320. The molecule has 1 atom stereocenters. The lowest BCUT2D eigenvalue weighted by Gasteiger charge is -2.13. The maximum absolute atomic E-state index is 10.7. The predicted molar refractivity (Wildman–Crippen MR) is 76.9 cm³/mol. The first-order valence-electron chi connectivity index (χ1n) is 6.36. The van der Waals surface area contributed by atoms with Crippen molar-refractivity contribution in [1.29, 1.82) is 0 Å². The van der Waals surface area contributed by atoms with Gasteiger partial charge >= 0.3 is 5.97 Å². The number of nitrogens with zero attached hydrogens (tertiary/aromatic N) is 4. The summed E-state index contributed by atoms with van der Waals surface area (Å²) in [6, 6.07) is 9.93. The molecule has 0 aliphatic carbocycles. The molecular formula is C13H16N4O3S. The molecule has 0 aliphatic rings. The van der Waals surface area contributed by atoms with Crippen LogP contribution in [-0.2, 0) is 21.8 Å². The Kier molecular flexibility index (Phi) is 5.70. The van der Waals surface area contributed by atoms with E-state index in [0.717, 1.165) is 4.90 Å². The average molecular weight is 308 g/mol. The smallest absolute Gasteiger partial charge is 0.306 e. The van der Waals surface area contributed by atoms with Gasteiger partial charge in [-0.3, -0.25) is 4.79 Å². The van der Waals surface area contributed by atoms with E-state index in [1.54, 1.807) is 16.4 Å². The number of ether oxygens (including phenoxy) is 1. The molecule has 0 saturated heterocycles. The predicted octanol–water partition coefficient (Wildman–Crippen LogP) is 1.46. The van der Waals surface area contributed by atoms with E-state index in [9.17, 15) is 4.79 Å².